The van der Waals surface area contributed by atoms with Crippen LogP contribution in [0.2, 0.25) is 5.02 Å². The third-order valence-electron chi connectivity index (χ3n) is 6.43. The number of fused-ring (bicyclic) bond motifs is 1. The van der Waals surface area contributed by atoms with Gasteiger partial charge in [-0.2, -0.15) is 5.26 Å². The van der Waals surface area contributed by atoms with E-state index in [0.29, 0.717) is 22.9 Å². The van der Waals surface area contributed by atoms with E-state index >= 15 is 0 Å². The second kappa shape index (κ2) is 7.24. The van der Waals surface area contributed by atoms with Gasteiger partial charge in [0.1, 0.15) is 5.60 Å². The molecule has 2 unspecified atom stereocenters. The molecule has 3 heterocycles. The predicted molar refractivity (Wildman–Crippen MR) is 117 cm³/mol. The van der Waals surface area contributed by atoms with E-state index < -0.39 is 11.7 Å². The Balaban J connectivity index is 1.41. The molecule has 7 nitrogen and oxygen atoms in total. The number of nitriles is 1. The van der Waals surface area contributed by atoms with Crippen LogP contribution in [0.15, 0.2) is 42.9 Å². The molecular formula is C23H22ClN5O2. The van der Waals surface area contributed by atoms with Crippen molar-refractivity contribution < 1.29 is 9.53 Å². The van der Waals surface area contributed by atoms with Gasteiger partial charge in [0, 0.05) is 12.7 Å². The Morgan fingerprint density at radius 1 is 1.29 bits per heavy atom. The number of hydrogen-bond acceptors (Lipinski definition) is 5. The van der Waals surface area contributed by atoms with Crippen LogP contribution >= 0.6 is 11.6 Å². The van der Waals surface area contributed by atoms with Crippen molar-refractivity contribution in [3.63, 3.8) is 0 Å². The lowest BCUT2D eigenvalue weighted by Crippen LogP contribution is -2.45. The fraction of sp³-hybridized carbons (Fsp3) is 0.391. The summed E-state index contributed by atoms with van der Waals surface area (Å²) in [5.74, 6) is 0.447. The Morgan fingerprint density at radius 2 is 2.16 bits per heavy atom. The van der Waals surface area contributed by atoms with Crippen LogP contribution in [0.1, 0.15) is 38.2 Å². The molecule has 31 heavy (non-hydrogen) atoms. The highest BCUT2D eigenvalue weighted by molar-refractivity contribution is 6.33. The van der Waals surface area contributed by atoms with Crippen LogP contribution in [0.4, 0.5) is 10.6 Å². The second-order valence-electron chi connectivity index (χ2n) is 8.97. The number of rotatable bonds is 3. The zero-order valence-electron chi connectivity index (χ0n) is 17.2. The Labute approximate surface area is 185 Å². The Kier molecular flexibility index (Phi) is 4.63. The number of nitrogens with zero attached hydrogens (tertiary/aromatic N) is 5. The summed E-state index contributed by atoms with van der Waals surface area (Å²) in [7, 11) is 0. The van der Waals surface area contributed by atoms with Crippen molar-refractivity contribution >= 4 is 34.5 Å². The monoisotopic (exact) mass is 435 g/mol. The van der Waals surface area contributed by atoms with E-state index in [2.05, 4.69) is 27.5 Å². The third-order valence-corrected chi connectivity index (χ3v) is 6.72. The van der Waals surface area contributed by atoms with Gasteiger partial charge in [-0.25, -0.2) is 14.8 Å². The lowest BCUT2D eigenvalue weighted by atomic mass is 9.68. The summed E-state index contributed by atoms with van der Waals surface area (Å²) in [4.78, 5) is 23.1. The highest BCUT2D eigenvalue weighted by Crippen LogP contribution is 2.48. The maximum absolute atomic E-state index is 12.7. The maximum atomic E-state index is 12.7. The molecule has 1 aliphatic carbocycles. The number of carbonyl (C=O) groups excluding carboxylic acids is 1. The normalized spacial score (nSPS) is 25.7. The lowest BCUT2D eigenvalue weighted by Gasteiger charge is -2.43. The van der Waals surface area contributed by atoms with Crippen molar-refractivity contribution in [3.8, 4) is 6.07 Å². The van der Waals surface area contributed by atoms with Gasteiger partial charge < -0.3 is 9.30 Å². The van der Waals surface area contributed by atoms with Crippen LogP contribution < -0.4 is 4.90 Å². The highest BCUT2D eigenvalue weighted by atomic mass is 35.5. The summed E-state index contributed by atoms with van der Waals surface area (Å²) < 4.78 is 8.08. The van der Waals surface area contributed by atoms with Crippen molar-refractivity contribution in [1.82, 2.24) is 14.5 Å². The summed E-state index contributed by atoms with van der Waals surface area (Å²) in [5, 5.41) is 9.69. The molecule has 0 N–H and O–H groups in total. The van der Waals surface area contributed by atoms with E-state index in [9.17, 15) is 10.1 Å². The number of halogens is 1. The van der Waals surface area contributed by atoms with Crippen LogP contribution in [-0.4, -0.2) is 32.8 Å². The van der Waals surface area contributed by atoms with Crippen molar-refractivity contribution in [1.29, 1.82) is 5.26 Å². The van der Waals surface area contributed by atoms with E-state index in [-0.39, 0.29) is 5.41 Å². The van der Waals surface area contributed by atoms with Gasteiger partial charge in [-0.05, 0) is 61.4 Å². The molecule has 158 valence electrons. The SMILES string of the molecule is CC1(Cn2cnc3ccc(C#N)cc32)CCCC2(CN(c3ncccc3Cl)C(=O)O2)C1. The van der Waals surface area contributed by atoms with Crippen LogP contribution in [0.5, 0.6) is 0 Å². The van der Waals surface area contributed by atoms with E-state index in [1.54, 1.807) is 29.3 Å². The Bertz CT molecular complexity index is 1220. The molecule has 1 spiro atoms. The highest BCUT2D eigenvalue weighted by Gasteiger charge is 2.52. The van der Waals surface area contributed by atoms with E-state index in [1.807, 2.05) is 18.5 Å². The molecule has 2 fully saturated rings. The molecule has 1 saturated carbocycles. The molecule has 5 rings (SSSR count). The number of benzene rings is 1. The van der Waals surface area contributed by atoms with Gasteiger partial charge >= 0.3 is 6.09 Å². The lowest BCUT2D eigenvalue weighted by molar-refractivity contribution is -0.0264. The zero-order valence-corrected chi connectivity index (χ0v) is 18.0. The molecule has 2 aromatic heterocycles. The molecule has 2 atom stereocenters. The quantitative estimate of drug-likeness (QED) is 0.582. The molecule has 3 aromatic rings. The topological polar surface area (TPSA) is 84.0 Å². The first kappa shape index (κ1) is 19.8. The Morgan fingerprint density at radius 3 is 2.97 bits per heavy atom. The number of imidazole rings is 1. The van der Waals surface area contributed by atoms with Crippen LogP contribution in [0.3, 0.4) is 0 Å². The first-order chi connectivity index (χ1) is 14.9. The van der Waals surface area contributed by atoms with E-state index in [0.717, 1.165) is 43.3 Å². The van der Waals surface area contributed by atoms with Crippen molar-refractivity contribution in [2.75, 3.05) is 11.4 Å². The fourth-order valence-corrected chi connectivity index (χ4v) is 5.40. The van der Waals surface area contributed by atoms with Gasteiger partial charge in [-0.3, -0.25) is 4.90 Å². The largest absolute Gasteiger partial charge is 0.441 e. The number of hydrogen-bond donors (Lipinski definition) is 0. The van der Waals surface area contributed by atoms with Crippen molar-refractivity contribution in [2.24, 2.45) is 5.41 Å². The summed E-state index contributed by atoms with van der Waals surface area (Å²) in [5.41, 5.74) is 1.80. The fourth-order valence-electron chi connectivity index (χ4n) is 5.18. The van der Waals surface area contributed by atoms with Crippen LogP contribution in [0.25, 0.3) is 11.0 Å². The maximum Gasteiger partial charge on any atom is 0.416 e. The number of carbonyl (C=O) groups is 1. The first-order valence-corrected chi connectivity index (χ1v) is 10.7. The first-order valence-electron chi connectivity index (χ1n) is 10.4. The van der Waals surface area contributed by atoms with Gasteiger partial charge in [0.2, 0.25) is 0 Å². The van der Waals surface area contributed by atoms with E-state index in [4.69, 9.17) is 16.3 Å². The minimum Gasteiger partial charge on any atom is -0.441 e. The smallest absolute Gasteiger partial charge is 0.416 e. The summed E-state index contributed by atoms with van der Waals surface area (Å²) in [6.07, 6.45) is 6.61. The Hall–Kier alpha value is -3.11. The molecule has 1 aromatic carbocycles. The molecule has 1 amide bonds. The number of aromatic nitrogens is 3. The van der Waals surface area contributed by atoms with E-state index in [1.165, 1.54) is 0 Å². The molecule has 2 aliphatic rings. The molecular weight excluding hydrogens is 414 g/mol. The molecule has 0 bridgehead atoms. The summed E-state index contributed by atoms with van der Waals surface area (Å²) in [6, 6.07) is 11.2. The van der Waals surface area contributed by atoms with Crippen molar-refractivity contribution in [3.05, 3.63) is 53.4 Å². The second-order valence-corrected chi connectivity index (χ2v) is 9.38. The van der Waals surface area contributed by atoms with Gasteiger partial charge in [0.15, 0.2) is 5.82 Å². The molecule has 1 saturated heterocycles. The van der Waals surface area contributed by atoms with Gasteiger partial charge in [-0.15, -0.1) is 0 Å². The number of anilines is 1. The van der Waals surface area contributed by atoms with Crippen LogP contribution in [-0.2, 0) is 11.3 Å². The average molecular weight is 436 g/mol. The average Bonchev–Trinajstić information content (AvgIpc) is 3.27. The van der Waals surface area contributed by atoms with Crippen LogP contribution in [0, 0.1) is 16.7 Å². The molecule has 8 heteroatoms. The number of ether oxygens (including phenoxy) is 1. The predicted octanol–water partition coefficient (Wildman–Crippen LogP) is 4.93. The zero-order chi connectivity index (χ0) is 21.6. The van der Waals surface area contributed by atoms with Gasteiger partial charge in [0.05, 0.1) is 40.6 Å². The van der Waals surface area contributed by atoms with Crippen molar-refractivity contribution in [2.45, 2.75) is 44.8 Å². The summed E-state index contributed by atoms with van der Waals surface area (Å²) in [6.45, 7) is 3.42. The van der Waals surface area contributed by atoms with Gasteiger partial charge in [0.25, 0.3) is 0 Å². The molecule has 1 aliphatic heterocycles. The summed E-state index contributed by atoms with van der Waals surface area (Å²) >= 11 is 6.28. The third kappa shape index (κ3) is 3.51. The minimum absolute atomic E-state index is 0.0846. The number of pyridine rings is 1. The number of amides is 1. The molecule has 0 radical (unpaired) electrons. The standard InChI is InChI=1S/C23H22ClN5O2/c1-22(13-28-15-27-18-6-5-16(11-25)10-19(18)28)7-3-8-23(12-22)14-29(21(30)31-23)20-17(24)4-2-9-26-20/h2,4-6,9-10,15H,3,7-8,12-14H2,1H3. The van der Waals surface area contributed by atoms with Gasteiger partial charge in [-0.1, -0.05) is 18.5 Å². The minimum atomic E-state index is -0.556.